The second-order valence-electron chi connectivity index (χ2n) is 4.56. The van der Waals surface area contributed by atoms with Gasteiger partial charge in [0, 0.05) is 30.5 Å². The van der Waals surface area contributed by atoms with Crippen LogP contribution in [0.2, 0.25) is 0 Å². The van der Waals surface area contributed by atoms with Gasteiger partial charge in [0.1, 0.15) is 5.82 Å². The minimum Gasteiger partial charge on any atom is -0.352 e. The maximum atomic E-state index is 13.0. The first kappa shape index (κ1) is 14.0. The molecule has 0 aliphatic carbocycles. The predicted molar refractivity (Wildman–Crippen MR) is 72.2 cm³/mol. The molecule has 1 heterocycles. The van der Waals surface area contributed by atoms with Crippen molar-refractivity contribution in [1.29, 1.82) is 0 Å². The van der Waals surface area contributed by atoms with Gasteiger partial charge in [-0.1, -0.05) is 0 Å². The van der Waals surface area contributed by atoms with Crippen molar-refractivity contribution < 1.29 is 14.0 Å². The first-order valence-corrected chi connectivity index (χ1v) is 6.78. The summed E-state index contributed by atoms with van der Waals surface area (Å²) in [6, 6.07) is 4.00. The normalized spacial score (nSPS) is 18.5. The number of carbonyl (C=O) groups excluding carboxylic acids is 2. The van der Waals surface area contributed by atoms with E-state index in [2.05, 4.69) is 21.2 Å². The number of nitrogens with one attached hydrogen (secondary N) is 1. The molecule has 1 fully saturated rings. The highest BCUT2D eigenvalue weighted by atomic mass is 79.9. The zero-order valence-corrected chi connectivity index (χ0v) is 12.0. The fraction of sp³-hybridized carbons (Fsp3) is 0.385. The lowest BCUT2D eigenvalue weighted by Gasteiger charge is -2.17. The molecule has 4 nitrogen and oxygen atoms in total. The van der Waals surface area contributed by atoms with Crippen molar-refractivity contribution in [2.75, 3.05) is 13.1 Å². The SMILES string of the molecule is CC(=O)NC1CCN(C(=O)c2ccc(F)cc2Br)C1. The molecule has 0 aromatic heterocycles. The van der Waals surface area contributed by atoms with Gasteiger partial charge in [0.05, 0.1) is 5.56 Å². The van der Waals surface area contributed by atoms with Crippen LogP contribution in [-0.2, 0) is 4.79 Å². The van der Waals surface area contributed by atoms with Crippen molar-refractivity contribution in [3.63, 3.8) is 0 Å². The average molecular weight is 329 g/mol. The third-order valence-electron chi connectivity index (χ3n) is 3.04. The number of carbonyl (C=O) groups is 2. The molecule has 1 N–H and O–H groups in total. The molecule has 1 aliphatic heterocycles. The average Bonchev–Trinajstić information content (AvgIpc) is 2.75. The van der Waals surface area contributed by atoms with E-state index in [1.54, 1.807) is 4.90 Å². The zero-order chi connectivity index (χ0) is 14.0. The predicted octanol–water partition coefficient (Wildman–Crippen LogP) is 1.94. The molecule has 2 amide bonds. The minimum absolute atomic E-state index is 0.000624. The molecule has 102 valence electrons. The Morgan fingerprint density at radius 2 is 2.21 bits per heavy atom. The van der Waals surface area contributed by atoms with Crippen LogP contribution in [0.15, 0.2) is 22.7 Å². The molecule has 0 spiro atoms. The highest BCUT2D eigenvalue weighted by Crippen LogP contribution is 2.21. The fourth-order valence-corrected chi connectivity index (χ4v) is 2.70. The standard InChI is InChI=1S/C13H14BrFN2O2/c1-8(18)16-10-4-5-17(7-10)13(19)11-3-2-9(15)6-12(11)14/h2-3,6,10H,4-5,7H2,1H3,(H,16,18). The lowest BCUT2D eigenvalue weighted by molar-refractivity contribution is -0.119. The Morgan fingerprint density at radius 1 is 1.47 bits per heavy atom. The van der Waals surface area contributed by atoms with Crippen molar-refractivity contribution in [2.24, 2.45) is 0 Å². The third-order valence-corrected chi connectivity index (χ3v) is 3.70. The lowest BCUT2D eigenvalue weighted by atomic mass is 10.2. The fourth-order valence-electron chi connectivity index (χ4n) is 2.18. The number of rotatable bonds is 2. The van der Waals surface area contributed by atoms with Crippen LogP contribution in [0, 0.1) is 5.82 Å². The molecule has 0 radical (unpaired) electrons. The Balaban J connectivity index is 2.07. The van der Waals surface area contributed by atoms with Crippen LogP contribution in [0.5, 0.6) is 0 Å². The maximum absolute atomic E-state index is 13.0. The Labute approximate surface area is 119 Å². The molecule has 0 saturated carbocycles. The molecule has 19 heavy (non-hydrogen) atoms. The van der Waals surface area contributed by atoms with E-state index in [-0.39, 0.29) is 23.7 Å². The highest BCUT2D eigenvalue weighted by Gasteiger charge is 2.28. The van der Waals surface area contributed by atoms with Crippen LogP contribution in [0.25, 0.3) is 0 Å². The van der Waals surface area contributed by atoms with E-state index in [1.165, 1.54) is 25.1 Å². The summed E-state index contributed by atoms with van der Waals surface area (Å²) >= 11 is 3.19. The quantitative estimate of drug-likeness (QED) is 0.901. The Morgan fingerprint density at radius 3 is 2.84 bits per heavy atom. The summed E-state index contributed by atoms with van der Waals surface area (Å²) in [5.74, 6) is -0.636. The van der Waals surface area contributed by atoms with E-state index in [9.17, 15) is 14.0 Å². The number of hydrogen-bond donors (Lipinski definition) is 1. The summed E-state index contributed by atoms with van der Waals surface area (Å²) in [5.41, 5.74) is 0.435. The van der Waals surface area contributed by atoms with E-state index in [4.69, 9.17) is 0 Å². The summed E-state index contributed by atoms with van der Waals surface area (Å²) in [6.45, 7) is 2.54. The molecule has 1 unspecified atom stereocenters. The van der Waals surface area contributed by atoms with Crippen LogP contribution in [-0.4, -0.2) is 35.8 Å². The van der Waals surface area contributed by atoms with Gasteiger partial charge in [-0.2, -0.15) is 0 Å². The van der Waals surface area contributed by atoms with E-state index in [1.807, 2.05) is 0 Å². The van der Waals surface area contributed by atoms with Gasteiger partial charge in [0.15, 0.2) is 0 Å². The number of hydrogen-bond acceptors (Lipinski definition) is 2. The third kappa shape index (κ3) is 3.32. The van der Waals surface area contributed by atoms with Crippen molar-refractivity contribution in [3.05, 3.63) is 34.1 Å². The molecule has 1 atom stereocenters. The van der Waals surface area contributed by atoms with Crippen LogP contribution < -0.4 is 5.32 Å². The highest BCUT2D eigenvalue weighted by molar-refractivity contribution is 9.10. The molecule has 6 heteroatoms. The van der Waals surface area contributed by atoms with Crippen molar-refractivity contribution in [3.8, 4) is 0 Å². The first-order chi connectivity index (χ1) is 8.97. The van der Waals surface area contributed by atoms with Crippen molar-refractivity contribution in [2.45, 2.75) is 19.4 Å². The van der Waals surface area contributed by atoms with Crippen LogP contribution in [0.1, 0.15) is 23.7 Å². The molecular formula is C13H14BrFN2O2. The second kappa shape index (κ2) is 5.69. The monoisotopic (exact) mass is 328 g/mol. The van der Waals surface area contributed by atoms with Crippen LogP contribution in [0.3, 0.4) is 0 Å². The molecule has 2 rings (SSSR count). The van der Waals surface area contributed by atoms with Crippen molar-refractivity contribution in [1.82, 2.24) is 10.2 Å². The van der Waals surface area contributed by atoms with Crippen LogP contribution >= 0.6 is 15.9 Å². The van der Waals surface area contributed by atoms with Gasteiger partial charge in [-0.05, 0) is 40.5 Å². The van der Waals surface area contributed by atoms with E-state index in [0.717, 1.165) is 6.42 Å². The molecule has 0 bridgehead atoms. The van der Waals surface area contributed by atoms with E-state index in [0.29, 0.717) is 23.1 Å². The number of likely N-dealkylation sites (tertiary alicyclic amines) is 1. The summed E-state index contributed by atoms with van der Waals surface area (Å²) in [6.07, 6.45) is 0.740. The number of amides is 2. The summed E-state index contributed by atoms with van der Waals surface area (Å²) < 4.78 is 13.4. The number of benzene rings is 1. The van der Waals surface area contributed by atoms with Crippen molar-refractivity contribution >= 4 is 27.7 Å². The lowest BCUT2D eigenvalue weighted by Crippen LogP contribution is -2.37. The van der Waals surface area contributed by atoms with Crippen LogP contribution in [0.4, 0.5) is 4.39 Å². The second-order valence-corrected chi connectivity index (χ2v) is 5.42. The Hall–Kier alpha value is -1.43. The smallest absolute Gasteiger partial charge is 0.255 e. The molecule has 1 aromatic carbocycles. The Bertz CT molecular complexity index is 521. The number of halogens is 2. The topological polar surface area (TPSA) is 49.4 Å². The van der Waals surface area contributed by atoms with Gasteiger partial charge in [-0.15, -0.1) is 0 Å². The zero-order valence-electron chi connectivity index (χ0n) is 10.5. The molecule has 1 aromatic rings. The van der Waals surface area contributed by atoms with E-state index < -0.39 is 0 Å². The maximum Gasteiger partial charge on any atom is 0.255 e. The minimum atomic E-state index is -0.388. The first-order valence-electron chi connectivity index (χ1n) is 5.99. The van der Waals surface area contributed by atoms with Gasteiger partial charge in [-0.25, -0.2) is 4.39 Å². The summed E-state index contributed by atoms with van der Waals surface area (Å²) in [4.78, 5) is 24.9. The van der Waals surface area contributed by atoms with Gasteiger partial charge >= 0.3 is 0 Å². The summed E-state index contributed by atoms with van der Waals surface area (Å²) in [7, 11) is 0. The van der Waals surface area contributed by atoms with Gasteiger partial charge < -0.3 is 10.2 Å². The molecule has 1 aliphatic rings. The largest absolute Gasteiger partial charge is 0.352 e. The Kier molecular flexibility index (Phi) is 4.19. The molecular weight excluding hydrogens is 315 g/mol. The van der Waals surface area contributed by atoms with Gasteiger partial charge in [0.2, 0.25) is 5.91 Å². The molecule has 1 saturated heterocycles. The number of nitrogens with zero attached hydrogens (tertiary/aromatic N) is 1. The van der Waals surface area contributed by atoms with E-state index >= 15 is 0 Å². The van der Waals surface area contributed by atoms with Gasteiger partial charge in [0.25, 0.3) is 5.91 Å². The van der Waals surface area contributed by atoms with Gasteiger partial charge in [-0.3, -0.25) is 9.59 Å². The summed E-state index contributed by atoms with van der Waals surface area (Å²) in [5, 5.41) is 2.80.